The van der Waals surface area contributed by atoms with Crippen LogP contribution in [0.4, 0.5) is 4.39 Å². The largest absolute Gasteiger partial charge is 0.490 e. The van der Waals surface area contributed by atoms with Crippen LogP contribution in [0.5, 0.6) is 5.75 Å². The first-order valence-corrected chi connectivity index (χ1v) is 13.7. The van der Waals surface area contributed by atoms with Crippen LogP contribution in [0.3, 0.4) is 0 Å². The highest BCUT2D eigenvalue weighted by Gasteiger charge is 2.41. The Kier molecular flexibility index (Phi) is 7.36. The van der Waals surface area contributed by atoms with Gasteiger partial charge in [0.05, 0.1) is 24.9 Å². The average molecular weight is 532 g/mol. The van der Waals surface area contributed by atoms with Gasteiger partial charge in [0.1, 0.15) is 17.6 Å². The Morgan fingerprint density at radius 2 is 1.72 bits per heavy atom. The molecule has 39 heavy (non-hydrogen) atoms. The number of hydrogen-bond donors (Lipinski definition) is 2. The van der Waals surface area contributed by atoms with Crippen molar-refractivity contribution in [2.24, 2.45) is 5.73 Å². The molecule has 2 aliphatic heterocycles. The molecule has 1 amide bonds. The second-order valence-corrected chi connectivity index (χ2v) is 10.8. The number of rotatable bonds is 9. The number of halogens is 1. The van der Waals surface area contributed by atoms with Crippen LogP contribution in [-0.4, -0.2) is 52.8 Å². The summed E-state index contributed by atoms with van der Waals surface area (Å²) < 4.78 is 19.3. The van der Waals surface area contributed by atoms with Crippen LogP contribution < -0.4 is 10.5 Å². The maximum absolute atomic E-state index is 13.4. The first-order valence-electron chi connectivity index (χ1n) is 13.7. The van der Waals surface area contributed by atoms with Crippen molar-refractivity contribution in [1.82, 2.24) is 9.96 Å². The van der Waals surface area contributed by atoms with Gasteiger partial charge in [-0.1, -0.05) is 36.4 Å². The summed E-state index contributed by atoms with van der Waals surface area (Å²) in [5.74, 6) is -0.0471. The molecule has 3 aliphatic rings. The topological polar surface area (TPSA) is 88.3 Å². The Morgan fingerprint density at radius 1 is 1.03 bits per heavy atom. The van der Waals surface area contributed by atoms with E-state index in [1.54, 1.807) is 17.2 Å². The van der Waals surface area contributed by atoms with Gasteiger partial charge in [0.15, 0.2) is 0 Å². The molecule has 3 aromatic rings. The lowest BCUT2D eigenvalue weighted by Gasteiger charge is -2.42. The van der Waals surface area contributed by atoms with Crippen LogP contribution in [0, 0.1) is 5.82 Å². The predicted octanol–water partition coefficient (Wildman–Crippen LogP) is 4.51. The molecular formula is C31H34FN3O4. The summed E-state index contributed by atoms with van der Waals surface area (Å²) >= 11 is 0. The van der Waals surface area contributed by atoms with Crippen molar-refractivity contribution >= 4 is 5.91 Å². The molecular weight excluding hydrogens is 497 g/mol. The lowest BCUT2D eigenvalue weighted by molar-refractivity contribution is -0.249. The predicted molar refractivity (Wildman–Crippen MR) is 145 cm³/mol. The number of aliphatic hydroxyl groups excluding tert-OH is 1. The standard InChI is InChI=1S/C31H34FN3O4/c32-24-8-3-20(4-9-24)22-7-14-27-23(17-22)19-38-35(29(27)31(33)37)28(18-34-15-1-2-16-34)30(36)21-5-10-25(11-6-21)39-26-12-13-26/h3-11,14,17,26,28-30,36H,1-2,12-13,15-16,18-19H2,(H2,33,37)/t28-,29?,30-/m1/s1. The van der Waals surface area contributed by atoms with Crippen molar-refractivity contribution < 1.29 is 23.9 Å². The van der Waals surface area contributed by atoms with Crippen molar-refractivity contribution in [2.75, 3.05) is 19.6 Å². The molecule has 8 heteroatoms. The van der Waals surface area contributed by atoms with Gasteiger partial charge in [0, 0.05) is 6.54 Å². The number of aliphatic hydroxyl groups is 1. The number of fused-ring (bicyclic) bond motifs is 1. The van der Waals surface area contributed by atoms with Gasteiger partial charge in [-0.25, -0.2) is 4.39 Å². The lowest BCUT2D eigenvalue weighted by atomic mass is 9.92. The minimum absolute atomic E-state index is 0.228. The molecule has 1 aliphatic carbocycles. The van der Waals surface area contributed by atoms with E-state index in [2.05, 4.69) is 4.90 Å². The normalized spacial score (nSPS) is 21.3. The Balaban J connectivity index is 1.30. The van der Waals surface area contributed by atoms with Crippen molar-refractivity contribution in [2.45, 2.75) is 56.6 Å². The lowest BCUT2D eigenvalue weighted by Crippen LogP contribution is -2.52. The highest BCUT2D eigenvalue weighted by molar-refractivity contribution is 5.82. The Labute approximate surface area is 227 Å². The third-order valence-electron chi connectivity index (χ3n) is 7.89. The fourth-order valence-corrected chi connectivity index (χ4v) is 5.63. The Bertz CT molecular complexity index is 1310. The molecule has 0 bridgehead atoms. The van der Waals surface area contributed by atoms with Gasteiger partial charge in [0.25, 0.3) is 0 Å². The molecule has 0 aromatic heterocycles. The third kappa shape index (κ3) is 5.70. The first kappa shape index (κ1) is 26.0. The van der Waals surface area contributed by atoms with Gasteiger partial charge in [0.2, 0.25) is 5.91 Å². The highest BCUT2D eigenvalue weighted by atomic mass is 19.1. The SMILES string of the molecule is NC(=O)C1c2ccc(-c3ccc(F)cc3)cc2CON1[C@H](CN1CCCC1)[C@H](O)c1ccc(OC2CC2)cc1. The maximum Gasteiger partial charge on any atom is 0.241 e. The van der Waals surface area contributed by atoms with Crippen LogP contribution in [0.15, 0.2) is 66.7 Å². The van der Waals surface area contributed by atoms with Gasteiger partial charge in [-0.3, -0.25) is 9.63 Å². The van der Waals surface area contributed by atoms with Crippen LogP contribution in [-0.2, 0) is 16.2 Å². The Morgan fingerprint density at radius 3 is 2.38 bits per heavy atom. The van der Waals surface area contributed by atoms with E-state index >= 15 is 0 Å². The number of amides is 1. The second-order valence-electron chi connectivity index (χ2n) is 10.8. The van der Waals surface area contributed by atoms with E-state index < -0.39 is 24.1 Å². The van der Waals surface area contributed by atoms with Crippen LogP contribution in [0.25, 0.3) is 11.1 Å². The summed E-state index contributed by atoms with van der Waals surface area (Å²) in [5, 5.41) is 13.3. The zero-order valence-corrected chi connectivity index (χ0v) is 21.8. The number of primary amides is 1. The number of hydrogen-bond acceptors (Lipinski definition) is 6. The van der Waals surface area contributed by atoms with Gasteiger partial charge in [-0.2, -0.15) is 5.06 Å². The summed E-state index contributed by atoms with van der Waals surface area (Å²) in [6.07, 6.45) is 3.75. The number of nitrogens with zero attached hydrogens (tertiary/aromatic N) is 2. The van der Waals surface area contributed by atoms with Crippen molar-refractivity contribution in [3.63, 3.8) is 0 Å². The molecule has 1 unspecified atom stereocenters. The summed E-state index contributed by atoms with van der Waals surface area (Å²) in [6, 6.07) is 18.2. The molecule has 1 saturated carbocycles. The van der Waals surface area contributed by atoms with Crippen LogP contribution >= 0.6 is 0 Å². The van der Waals surface area contributed by atoms with E-state index in [9.17, 15) is 14.3 Å². The fourth-order valence-electron chi connectivity index (χ4n) is 5.63. The van der Waals surface area contributed by atoms with E-state index in [0.717, 1.165) is 72.3 Å². The quantitative estimate of drug-likeness (QED) is 0.423. The van der Waals surface area contributed by atoms with E-state index in [0.29, 0.717) is 12.6 Å². The summed E-state index contributed by atoms with van der Waals surface area (Å²) in [4.78, 5) is 21.5. The smallest absolute Gasteiger partial charge is 0.241 e. The van der Waals surface area contributed by atoms with E-state index in [4.69, 9.17) is 15.3 Å². The number of ether oxygens (including phenoxy) is 1. The molecule has 2 fully saturated rings. The van der Waals surface area contributed by atoms with Crippen LogP contribution in [0.1, 0.15) is 54.5 Å². The molecule has 0 spiro atoms. The van der Waals surface area contributed by atoms with Crippen molar-refractivity contribution in [3.05, 3.63) is 89.2 Å². The number of carbonyl (C=O) groups excluding carboxylic acids is 1. The number of nitrogens with two attached hydrogens (primary N) is 1. The maximum atomic E-state index is 13.4. The molecule has 3 aromatic carbocycles. The van der Waals surface area contributed by atoms with E-state index in [-0.39, 0.29) is 12.4 Å². The zero-order valence-electron chi connectivity index (χ0n) is 21.8. The van der Waals surface area contributed by atoms with Crippen molar-refractivity contribution in [1.29, 1.82) is 0 Å². The van der Waals surface area contributed by atoms with Gasteiger partial charge >= 0.3 is 0 Å². The summed E-state index contributed by atoms with van der Waals surface area (Å²) in [5.41, 5.74) is 10.1. The fraction of sp³-hybridized carbons (Fsp3) is 0.387. The molecule has 204 valence electrons. The number of likely N-dealkylation sites (tertiary alicyclic amines) is 1. The molecule has 2 heterocycles. The first-order chi connectivity index (χ1) is 19.0. The Hall–Kier alpha value is -3.30. The van der Waals surface area contributed by atoms with Gasteiger partial charge < -0.3 is 20.5 Å². The number of benzene rings is 3. The second kappa shape index (κ2) is 11.1. The zero-order chi connectivity index (χ0) is 26.9. The molecule has 3 N–H and O–H groups in total. The average Bonchev–Trinajstić information content (AvgIpc) is 3.61. The molecule has 0 radical (unpaired) electrons. The molecule has 1 saturated heterocycles. The third-order valence-corrected chi connectivity index (χ3v) is 7.89. The monoisotopic (exact) mass is 531 g/mol. The van der Waals surface area contributed by atoms with Crippen LogP contribution in [0.2, 0.25) is 0 Å². The molecule has 6 rings (SSSR count). The van der Waals surface area contributed by atoms with E-state index in [1.807, 2.05) is 42.5 Å². The minimum Gasteiger partial charge on any atom is -0.490 e. The van der Waals surface area contributed by atoms with Gasteiger partial charge in [-0.05, 0) is 96.9 Å². The minimum atomic E-state index is -0.914. The molecule has 3 atom stereocenters. The highest BCUT2D eigenvalue weighted by Crippen LogP contribution is 2.38. The number of hydroxylamine groups is 2. The molecule has 7 nitrogen and oxygen atoms in total. The van der Waals surface area contributed by atoms with Gasteiger partial charge in [-0.15, -0.1) is 0 Å². The summed E-state index contributed by atoms with van der Waals surface area (Å²) in [6.45, 7) is 2.63. The van der Waals surface area contributed by atoms with Crippen molar-refractivity contribution in [3.8, 4) is 16.9 Å². The summed E-state index contributed by atoms with van der Waals surface area (Å²) in [7, 11) is 0. The number of carbonyl (C=O) groups is 1. The van der Waals surface area contributed by atoms with E-state index in [1.165, 1.54) is 12.1 Å².